The summed E-state index contributed by atoms with van der Waals surface area (Å²) >= 11 is 7.31. The second-order valence-corrected chi connectivity index (χ2v) is 8.07. The Morgan fingerprint density at radius 3 is 2.72 bits per heavy atom. The third-order valence-electron chi connectivity index (χ3n) is 4.29. The summed E-state index contributed by atoms with van der Waals surface area (Å²) in [5.41, 5.74) is 0. The number of piperidine rings is 1. The summed E-state index contributed by atoms with van der Waals surface area (Å²) in [6.07, 6.45) is 1.98. The highest BCUT2D eigenvalue weighted by Gasteiger charge is 2.15. The molecule has 3 N–H and O–H groups in total. The van der Waals surface area contributed by atoms with Crippen molar-refractivity contribution in [2.45, 2.75) is 32.8 Å². The molecule has 5 nitrogen and oxygen atoms in total. The Bertz CT molecular complexity index is 521. The van der Waals surface area contributed by atoms with Crippen molar-refractivity contribution in [2.24, 2.45) is 10.9 Å². The van der Waals surface area contributed by atoms with Crippen molar-refractivity contribution >= 4 is 52.9 Å². The number of rotatable bonds is 7. The molecule has 0 amide bonds. The van der Waals surface area contributed by atoms with Crippen molar-refractivity contribution in [3.05, 3.63) is 21.3 Å². The molecule has 2 rings (SSSR count). The Labute approximate surface area is 177 Å². The fourth-order valence-electron chi connectivity index (χ4n) is 2.73. The van der Waals surface area contributed by atoms with E-state index in [1.807, 2.05) is 13.0 Å². The molecule has 1 unspecified atom stereocenters. The third-order valence-corrected chi connectivity index (χ3v) is 5.62. The van der Waals surface area contributed by atoms with E-state index in [1.54, 1.807) is 6.07 Å². The fourth-order valence-corrected chi connectivity index (χ4v) is 3.77. The van der Waals surface area contributed by atoms with Crippen LogP contribution >= 0.6 is 46.9 Å². The molecular formula is C17H30ClIN4OS. The molecule has 0 radical (unpaired) electrons. The number of aliphatic hydroxyl groups excluding tert-OH is 1. The summed E-state index contributed by atoms with van der Waals surface area (Å²) in [6.45, 7) is 9.77. The number of nitrogens with zero attached hydrogens (tertiary/aromatic N) is 2. The van der Waals surface area contributed by atoms with Crippen molar-refractivity contribution in [3.8, 4) is 0 Å². The van der Waals surface area contributed by atoms with Crippen LogP contribution in [0.2, 0.25) is 4.34 Å². The molecule has 0 spiro atoms. The fraction of sp³-hybridized carbons (Fsp3) is 0.706. The first-order chi connectivity index (χ1) is 11.6. The predicted octanol–water partition coefficient (Wildman–Crippen LogP) is 3.34. The Morgan fingerprint density at radius 2 is 2.12 bits per heavy atom. The topological polar surface area (TPSA) is 59.9 Å². The van der Waals surface area contributed by atoms with Gasteiger partial charge in [0.2, 0.25) is 0 Å². The van der Waals surface area contributed by atoms with Crippen molar-refractivity contribution in [3.63, 3.8) is 0 Å². The van der Waals surface area contributed by atoms with Gasteiger partial charge in [-0.3, -0.25) is 4.99 Å². The molecule has 1 aliphatic heterocycles. The number of guanidine groups is 1. The lowest BCUT2D eigenvalue weighted by atomic mass is 9.99. The van der Waals surface area contributed by atoms with Gasteiger partial charge in [-0.25, -0.2) is 0 Å². The SMILES string of the molecule is CCNC(=NCC(O)c1ccc(Cl)s1)NCCN1CCC(C)CC1.I. The molecule has 1 fully saturated rings. The lowest BCUT2D eigenvalue weighted by molar-refractivity contribution is 0.190. The third kappa shape index (κ3) is 8.43. The molecule has 1 saturated heterocycles. The van der Waals surface area contributed by atoms with E-state index in [9.17, 15) is 5.11 Å². The highest BCUT2D eigenvalue weighted by Crippen LogP contribution is 2.26. The molecule has 25 heavy (non-hydrogen) atoms. The number of aliphatic imine (C=N–C) groups is 1. The van der Waals surface area contributed by atoms with Gasteiger partial charge in [0.15, 0.2) is 5.96 Å². The normalized spacial score (nSPS) is 17.8. The lowest BCUT2D eigenvalue weighted by Gasteiger charge is -2.30. The van der Waals surface area contributed by atoms with E-state index in [0.29, 0.717) is 10.9 Å². The van der Waals surface area contributed by atoms with Crippen molar-refractivity contribution < 1.29 is 5.11 Å². The molecular weight excluding hydrogens is 471 g/mol. The van der Waals surface area contributed by atoms with Gasteiger partial charge in [0, 0.05) is 24.5 Å². The lowest BCUT2D eigenvalue weighted by Crippen LogP contribution is -2.43. The van der Waals surface area contributed by atoms with Gasteiger partial charge in [-0.1, -0.05) is 18.5 Å². The highest BCUT2D eigenvalue weighted by molar-refractivity contribution is 14.0. The van der Waals surface area contributed by atoms with Gasteiger partial charge in [-0.2, -0.15) is 0 Å². The van der Waals surface area contributed by atoms with Crippen LogP contribution in [-0.4, -0.2) is 55.2 Å². The van der Waals surface area contributed by atoms with Gasteiger partial charge in [0.05, 0.1) is 10.9 Å². The molecule has 0 saturated carbocycles. The number of nitrogens with one attached hydrogen (secondary N) is 2. The van der Waals surface area contributed by atoms with Crippen LogP contribution in [0.1, 0.15) is 37.7 Å². The van der Waals surface area contributed by atoms with E-state index in [4.69, 9.17) is 11.6 Å². The van der Waals surface area contributed by atoms with Crippen LogP contribution in [0.4, 0.5) is 0 Å². The van der Waals surface area contributed by atoms with Crippen LogP contribution in [0.3, 0.4) is 0 Å². The second-order valence-electron chi connectivity index (χ2n) is 6.33. The average molecular weight is 501 g/mol. The molecule has 1 aromatic rings. The van der Waals surface area contributed by atoms with Gasteiger partial charge in [0.25, 0.3) is 0 Å². The maximum Gasteiger partial charge on any atom is 0.191 e. The van der Waals surface area contributed by atoms with E-state index in [1.165, 1.54) is 37.3 Å². The van der Waals surface area contributed by atoms with Crippen LogP contribution in [0, 0.1) is 5.92 Å². The quantitative estimate of drug-likeness (QED) is 0.305. The van der Waals surface area contributed by atoms with E-state index in [-0.39, 0.29) is 24.0 Å². The van der Waals surface area contributed by atoms with Crippen LogP contribution in [0.15, 0.2) is 17.1 Å². The van der Waals surface area contributed by atoms with Crippen LogP contribution in [0.5, 0.6) is 0 Å². The maximum absolute atomic E-state index is 10.2. The molecule has 8 heteroatoms. The summed E-state index contributed by atoms with van der Waals surface area (Å²) in [4.78, 5) is 7.83. The molecule has 0 aliphatic carbocycles. The Morgan fingerprint density at radius 1 is 1.40 bits per heavy atom. The van der Waals surface area contributed by atoms with E-state index < -0.39 is 6.10 Å². The van der Waals surface area contributed by atoms with E-state index in [2.05, 4.69) is 27.4 Å². The Balaban J connectivity index is 0.00000312. The number of likely N-dealkylation sites (tertiary alicyclic amines) is 1. The maximum atomic E-state index is 10.2. The number of hydrogen-bond donors (Lipinski definition) is 3. The minimum atomic E-state index is -0.610. The molecule has 144 valence electrons. The van der Waals surface area contributed by atoms with Crippen molar-refractivity contribution in [2.75, 3.05) is 39.3 Å². The first-order valence-electron chi connectivity index (χ1n) is 8.76. The first-order valence-corrected chi connectivity index (χ1v) is 9.95. The predicted molar refractivity (Wildman–Crippen MR) is 119 cm³/mol. The summed E-state index contributed by atoms with van der Waals surface area (Å²) in [6, 6.07) is 3.66. The van der Waals surface area contributed by atoms with Gasteiger partial charge < -0.3 is 20.6 Å². The van der Waals surface area contributed by atoms with E-state index in [0.717, 1.165) is 36.4 Å². The minimum Gasteiger partial charge on any atom is -0.386 e. The number of aliphatic hydroxyl groups is 1. The highest BCUT2D eigenvalue weighted by atomic mass is 127. The summed E-state index contributed by atoms with van der Waals surface area (Å²) in [7, 11) is 0. The standard InChI is InChI=1S/C17H29ClN4OS.HI/c1-3-19-17(20-8-11-22-9-6-13(2)7-10-22)21-12-14(23)15-4-5-16(18)24-15;/h4-5,13-14,23H,3,6-12H2,1-2H3,(H2,19,20,21);1H. The van der Waals surface area contributed by atoms with Gasteiger partial charge in [-0.15, -0.1) is 35.3 Å². The summed E-state index contributed by atoms with van der Waals surface area (Å²) in [5.74, 6) is 1.62. The van der Waals surface area contributed by atoms with Gasteiger partial charge >= 0.3 is 0 Å². The first kappa shape index (κ1) is 23.0. The smallest absolute Gasteiger partial charge is 0.191 e. The minimum absolute atomic E-state index is 0. The molecule has 2 heterocycles. The molecule has 0 aromatic carbocycles. The second kappa shape index (κ2) is 12.3. The summed E-state index contributed by atoms with van der Waals surface area (Å²) < 4.78 is 0.689. The van der Waals surface area contributed by atoms with Crippen molar-refractivity contribution in [1.82, 2.24) is 15.5 Å². The molecule has 1 aliphatic rings. The zero-order valence-electron chi connectivity index (χ0n) is 15.0. The Hall–Kier alpha value is -0.0900. The van der Waals surface area contributed by atoms with Crippen LogP contribution in [-0.2, 0) is 0 Å². The number of halogens is 2. The molecule has 0 bridgehead atoms. The monoisotopic (exact) mass is 500 g/mol. The van der Waals surface area contributed by atoms with E-state index >= 15 is 0 Å². The van der Waals surface area contributed by atoms with Crippen LogP contribution in [0.25, 0.3) is 0 Å². The van der Waals surface area contributed by atoms with Gasteiger partial charge in [-0.05, 0) is 50.9 Å². The Kier molecular flexibility index (Phi) is 11.3. The molecule has 1 aromatic heterocycles. The summed E-state index contributed by atoms with van der Waals surface area (Å²) in [5, 5.41) is 16.8. The van der Waals surface area contributed by atoms with Gasteiger partial charge in [0.1, 0.15) is 6.10 Å². The van der Waals surface area contributed by atoms with Crippen molar-refractivity contribution in [1.29, 1.82) is 0 Å². The number of thiophene rings is 1. The average Bonchev–Trinajstić information content (AvgIpc) is 3.01. The zero-order valence-corrected chi connectivity index (χ0v) is 18.9. The zero-order chi connectivity index (χ0) is 17.4. The molecule has 1 atom stereocenters. The van der Waals surface area contributed by atoms with Crippen LogP contribution < -0.4 is 10.6 Å². The number of hydrogen-bond acceptors (Lipinski definition) is 4. The largest absolute Gasteiger partial charge is 0.386 e.